The summed E-state index contributed by atoms with van der Waals surface area (Å²) in [4.78, 5) is 27.3. The molecule has 0 aliphatic heterocycles. The van der Waals surface area contributed by atoms with Crippen LogP contribution < -0.4 is 5.32 Å². The highest BCUT2D eigenvalue weighted by atomic mass is 16.5. The second-order valence-electron chi connectivity index (χ2n) is 5.43. The van der Waals surface area contributed by atoms with Crippen LogP contribution in [0.2, 0.25) is 0 Å². The lowest BCUT2D eigenvalue weighted by molar-refractivity contribution is -0.143. The van der Waals surface area contributed by atoms with E-state index in [0.29, 0.717) is 12.0 Å². The number of methoxy groups -OCH3 is 1. The topological polar surface area (TPSA) is 71.2 Å². The number of hydrogen-bond acceptors (Lipinski definition) is 3. The van der Waals surface area contributed by atoms with Gasteiger partial charge in [0.25, 0.3) is 5.91 Å². The fourth-order valence-electron chi connectivity index (χ4n) is 2.34. The van der Waals surface area contributed by atoms with Crippen LogP contribution in [0.4, 0.5) is 0 Å². The molecule has 0 spiro atoms. The minimum absolute atomic E-state index is 0.274. The van der Waals surface area contributed by atoms with Gasteiger partial charge < -0.3 is 15.0 Å². The molecule has 1 aromatic carbocycles. The number of carbonyl (C=O) groups is 2. The van der Waals surface area contributed by atoms with E-state index < -0.39 is 12.0 Å². The fraction of sp³-hybridized carbons (Fsp3) is 0.375. The number of esters is 1. The van der Waals surface area contributed by atoms with Gasteiger partial charge in [0.15, 0.2) is 0 Å². The highest BCUT2D eigenvalue weighted by Gasteiger charge is 2.23. The number of hydrogen-bond donors (Lipinski definition) is 2. The van der Waals surface area contributed by atoms with Crippen molar-refractivity contribution in [2.75, 3.05) is 7.11 Å². The van der Waals surface area contributed by atoms with Crippen LogP contribution in [0, 0.1) is 5.92 Å². The van der Waals surface area contributed by atoms with E-state index >= 15 is 0 Å². The van der Waals surface area contributed by atoms with Crippen LogP contribution >= 0.6 is 0 Å². The lowest BCUT2D eigenvalue weighted by Crippen LogP contribution is -2.42. The summed E-state index contributed by atoms with van der Waals surface area (Å²) in [5.74, 6) is -0.425. The number of aromatic amines is 1. The summed E-state index contributed by atoms with van der Waals surface area (Å²) in [6.07, 6.45) is 2.33. The number of amides is 1. The van der Waals surface area contributed by atoms with Crippen molar-refractivity contribution >= 4 is 22.8 Å². The average Bonchev–Trinajstić information content (AvgIpc) is 2.93. The van der Waals surface area contributed by atoms with Gasteiger partial charge in [-0.1, -0.05) is 26.0 Å². The van der Waals surface area contributed by atoms with Crippen LogP contribution in [0.15, 0.2) is 30.5 Å². The molecule has 2 aromatic rings. The van der Waals surface area contributed by atoms with Gasteiger partial charge in [0.1, 0.15) is 6.04 Å². The molecular formula is C16H20N2O3. The fourth-order valence-corrected chi connectivity index (χ4v) is 2.34. The van der Waals surface area contributed by atoms with Crippen LogP contribution in [-0.2, 0) is 9.53 Å². The van der Waals surface area contributed by atoms with Crippen molar-refractivity contribution in [1.82, 2.24) is 10.3 Å². The first-order valence-electron chi connectivity index (χ1n) is 6.97. The zero-order valence-electron chi connectivity index (χ0n) is 12.5. The van der Waals surface area contributed by atoms with Crippen molar-refractivity contribution < 1.29 is 14.3 Å². The lowest BCUT2D eigenvalue weighted by Gasteiger charge is -2.18. The third kappa shape index (κ3) is 3.42. The second kappa shape index (κ2) is 6.43. The molecule has 0 saturated carbocycles. The molecule has 0 radical (unpaired) electrons. The highest BCUT2D eigenvalue weighted by molar-refractivity contribution is 6.06. The van der Waals surface area contributed by atoms with E-state index in [0.717, 1.165) is 10.9 Å². The monoisotopic (exact) mass is 288 g/mol. The molecule has 0 saturated heterocycles. The molecule has 1 aromatic heterocycles. The summed E-state index contributed by atoms with van der Waals surface area (Å²) >= 11 is 0. The molecular weight excluding hydrogens is 268 g/mol. The van der Waals surface area contributed by atoms with Gasteiger partial charge in [0.2, 0.25) is 0 Å². The van der Waals surface area contributed by atoms with Crippen molar-refractivity contribution in [3.8, 4) is 0 Å². The van der Waals surface area contributed by atoms with Crippen LogP contribution in [0.1, 0.15) is 30.6 Å². The smallest absolute Gasteiger partial charge is 0.328 e. The largest absolute Gasteiger partial charge is 0.467 e. The molecule has 0 bridgehead atoms. The average molecular weight is 288 g/mol. The van der Waals surface area contributed by atoms with Crippen LogP contribution in [0.25, 0.3) is 10.9 Å². The molecule has 1 atom stereocenters. The van der Waals surface area contributed by atoms with Gasteiger partial charge in [-0.25, -0.2) is 4.79 Å². The molecule has 5 heteroatoms. The van der Waals surface area contributed by atoms with E-state index in [1.54, 1.807) is 12.3 Å². The maximum Gasteiger partial charge on any atom is 0.328 e. The first-order chi connectivity index (χ1) is 10.0. The normalized spacial score (nSPS) is 12.4. The number of nitrogens with one attached hydrogen (secondary N) is 2. The maximum absolute atomic E-state index is 12.4. The molecule has 0 aliphatic rings. The van der Waals surface area contributed by atoms with Gasteiger partial charge >= 0.3 is 5.97 Å². The van der Waals surface area contributed by atoms with Gasteiger partial charge in [-0.15, -0.1) is 0 Å². The van der Waals surface area contributed by atoms with Crippen molar-refractivity contribution in [3.05, 3.63) is 36.0 Å². The Morgan fingerprint density at radius 1 is 1.29 bits per heavy atom. The van der Waals surface area contributed by atoms with Crippen LogP contribution in [0.5, 0.6) is 0 Å². The summed E-state index contributed by atoms with van der Waals surface area (Å²) in [7, 11) is 1.33. The molecule has 0 aliphatic carbocycles. The summed E-state index contributed by atoms with van der Waals surface area (Å²) in [6, 6.07) is 6.75. The number of rotatable bonds is 5. The van der Waals surface area contributed by atoms with Crippen LogP contribution in [0.3, 0.4) is 0 Å². The molecule has 21 heavy (non-hydrogen) atoms. The number of carbonyl (C=O) groups excluding carboxylic acids is 2. The number of aromatic nitrogens is 1. The Hall–Kier alpha value is -2.30. The zero-order chi connectivity index (χ0) is 15.4. The molecule has 1 heterocycles. The number of ether oxygens (including phenoxy) is 1. The summed E-state index contributed by atoms with van der Waals surface area (Å²) in [6.45, 7) is 3.99. The van der Waals surface area contributed by atoms with E-state index in [1.165, 1.54) is 7.11 Å². The standard InChI is InChI=1S/C16H20N2O3/c1-10(2)9-13(16(20)21-3)18-15(19)12-6-4-5-11-7-8-17-14(11)12/h4-8,10,13,17H,9H2,1-3H3,(H,18,19). The Balaban J connectivity index is 2.22. The predicted octanol–water partition coefficient (Wildman–Crippen LogP) is 2.49. The molecule has 5 nitrogen and oxygen atoms in total. The van der Waals surface area contributed by atoms with Gasteiger partial charge in [-0.3, -0.25) is 4.79 Å². The van der Waals surface area contributed by atoms with Gasteiger partial charge in [0.05, 0.1) is 18.2 Å². The number of benzene rings is 1. The van der Waals surface area contributed by atoms with Crippen LogP contribution in [-0.4, -0.2) is 30.0 Å². The van der Waals surface area contributed by atoms with Gasteiger partial charge in [-0.2, -0.15) is 0 Å². The zero-order valence-corrected chi connectivity index (χ0v) is 12.5. The summed E-state index contributed by atoms with van der Waals surface area (Å²) in [5.41, 5.74) is 1.29. The molecule has 112 valence electrons. The number of para-hydroxylation sites is 1. The van der Waals surface area contributed by atoms with Crippen molar-refractivity contribution in [2.24, 2.45) is 5.92 Å². The molecule has 2 rings (SSSR count). The van der Waals surface area contributed by atoms with E-state index in [1.807, 2.05) is 32.0 Å². The van der Waals surface area contributed by atoms with Crippen molar-refractivity contribution in [2.45, 2.75) is 26.3 Å². The minimum atomic E-state index is -0.632. The van der Waals surface area contributed by atoms with Crippen molar-refractivity contribution in [1.29, 1.82) is 0 Å². The third-order valence-electron chi connectivity index (χ3n) is 3.33. The Morgan fingerprint density at radius 3 is 2.71 bits per heavy atom. The molecule has 2 N–H and O–H groups in total. The highest BCUT2D eigenvalue weighted by Crippen LogP contribution is 2.17. The van der Waals surface area contributed by atoms with E-state index in [2.05, 4.69) is 10.3 Å². The lowest BCUT2D eigenvalue weighted by atomic mass is 10.0. The summed E-state index contributed by atoms with van der Waals surface area (Å²) in [5, 5.41) is 3.72. The first-order valence-corrected chi connectivity index (χ1v) is 6.97. The van der Waals surface area contributed by atoms with Crippen molar-refractivity contribution in [3.63, 3.8) is 0 Å². The SMILES string of the molecule is COC(=O)C(CC(C)C)NC(=O)c1cccc2cc[nH]c12. The quantitative estimate of drug-likeness (QED) is 0.830. The first kappa shape index (κ1) is 15.1. The number of fused-ring (bicyclic) bond motifs is 1. The summed E-state index contributed by atoms with van der Waals surface area (Å²) < 4.78 is 4.76. The van der Waals surface area contributed by atoms with Gasteiger partial charge in [-0.05, 0) is 24.5 Å². The van der Waals surface area contributed by atoms with E-state index in [9.17, 15) is 9.59 Å². The number of H-pyrrole nitrogens is 1. The Bertz CT molecular complexity index is 646. The van der Waals surface area contributed by atoms with Gasteiger partial charge in [0, 0.05) is 11.6 Å². The van der Waals surface area contributed by atoms with E-state index in [4.69, 9.17) is 4.74 Å². The Labute approximate surface area is 123 Å². The second-order valence-corrected chi connectivity index (χ2v) is 5.43. The predicted molar refractivity (Wildman–Crippen MR) is 81.0 cm³/mol. The molecule has 1 amide bonds. The maximum atomic E-state index is 12.4. The molecule has 0 fully saturated rings. The van der Waals surface area contributed by atoms with E-state index in [-0.39, 0.29) is 11.8 Å². The minimum Gasteiger partial charge on any atom is -0.467 e. The Morgan fingerprint density at radius 2 is 2.05 bits per heavy atom. The molecule has 1 unspecified atom stereocenters. The Kier molecular flexibility index (Phi) is 4.62. The third-order valence-corrected chi connectivity index (χ3v) is 3.33.